The van der Waals surface area contributed by atoms with Crippen LogP contribution in [-0.2, 0) is 9.84 Å². The first-order valence-corrected chi connectivity index (χ1v) is 10.7. The first kappa shape index (κ1) is 18.8. The molecule has 0 radical (unpaired) electrons. The molecule has 0 bridgehead atoms. The van der Waals surface area contributed by atoms with Gasteiger partial charge >= 0.3 is 0 Å². The van der Waals surface area contributed by atoms with Crippen LogP contribution in [0.5, 0.6) is 11.5 Å². The Bertz CT molecular complexity index is 1260. The molecule has 0 saturated heterocycles. The van der Waals surface area contributed by atoms with Crippen molar-refractivity contribution in [3.63, 3.8) is 0 Å². The van der Waals surface area contributed by atoms with E-state index in [0.29, 0.717) is 11.4 Å². The van der Waals surface area contributed by atoms with Crippen LogP contribution in [0.15, 0.2) is 83.8 Å². The number of aromatic nitrogens is 2. The van der Waals surface area contributed by atoms with Crippen molar-refractivity contribution >= 4 is 9.84 Å². The lowest BCUT2D eigenvalue weighted by Crippen LogP contribution is -2.01. The molecule has 0 atom stereocenters. The van der Waals surface area contributed by atoms with E-state index in [1.54, 1.807) is 77.5 Å². The number of rotatable bonds is 4. The van der Waals surface area contributed by atoms with E-state index < -0.39 is 9.84 Å². The minimum absolute atomic E-state index is 0.163. The van der Waals surface area contributed by atoms with E-state index in [1.165, 1.54) is 6.26 Å². The summed E-state index contributed by atoms with van der Waals surface area (Å²) in [6, 6.07) is 21.9. The van der Waals surface area contributed by atoms with Gasteiger partial charge in [0.2, 0.25) is 0 Å². The van der Waals surface area contributed by atoms with E-state index in [4.69, 9.17) is 5.10 Å². The third-order valence-corrected chi connectivity index (χ3v) is 5.67. The van der Waals surface area contributed by atoms with Crippen molar-refractivity contribution in [2.24, 2.45) is 0 Å². The lowest BCUT2D eigenvalue weighted by molar-refractivity contribution is 0.475. The molecule has 1 aromatic heterocycles. The van der Waals surface area contributed by atoms with Gasteiger partial charge in [0.25, 0.3) is 0 Å². The van der Waals surface area contributed by atoms with Gasteiger partial charge < -0.3 is 10.2 Å². The van der Waals surface area contributed by atoms with Crippen LogP contribution in [0.3, 0.4) is 0 Å². The molecule has 146 valence electrons. The van der Waals surface area contributed by atoms with E-state index in [1.807, 2.05) is 6.07 Å². The van der Waals surface area contributed by atoms with Crippen molar-refractivity contribution in [3.05, 3.63) is 78.9 Å². The molecule has 0 spiro atoms. The second kappa shape index (κ2) is 7.10. The highest BCUT2D eigenvalue weighted by Gasteiger charge is 2.14. The largest absolute Gasteiger partial charge is 0.508 e. The molecule has 2 N–H and O–H groups in total. The maximum absolute atomic E-state index is 11.8. The zero-order valence-corrected chi connectivity index (χ0v) is 16.3. The standard InChI is InChI=1S/C22H18N2O4S/c1-29(27,28)20-12-6-17(7-13-20)24-22(16-4-10-19(26)11-5-16)14-21(23-24)15-2-8-18(25)9-3-15/h2-14,25-26H,1H3. The highest BCUT2D eigenvalue weighted by molar-refractivity contribution is 7.90. The topological polar surface area (TPSA) is 92.4 Å². The predicted molar refractivity (Wildman–Crippen MR) is 111 cm³/mol. The van der Waals surface area contributed by atoms with E-state index in [9.17, 15) is 18.6 Å². The van der Waals surface area contributed by atoms with Gasteiger partial charge in [0.05, 0.1) is 22.0 Å². The van der Waals surface area contributed by atoms with Crippen LogP contribution in [0, 0.1) is 0 Å². The molecule has 0 aliphatic carbocycles. The summed E-state index contributed by atoms with van der Waals surface area (Å²) in [7, 11) is -3.29. The molecule has 1 heterocycles. The van der Waals surface area contributed by atoms with E-state index >= 15 is 0 Å². The molecular weight excluding hydrogens is 388 g/mol. The smallest absolute Gasteiger partial charge is 0.175 e. The second-order valence-electron chi connectivity index (χ2n) is 6.69. The molecule has 3 aromatic carbocycles. The first-order valence-electron chi connectivity index (χ1n) is 8.81. The average Bonchev–Trinajstić information content (AvgIpc) is 3.14. The van der Waals surface area contributed by atoms with Crippen LogP contribution in [0.1, 0.15) is 0 Å². The third kappa shape index (κ3) is 3.86. The third-order valence-electron chi connectivity index (χ3n) is 4.54. The van der Waals surface area contributed by atoms with Gasteiger partial charge in [-0.05, 0) is 78.9 Å². The number of nitrogens with zero attached hydrogens (tertiary/aromatic N) is 2. The summed E-state index contributed by atoms with van der Waals surface area (Å²) in [6.07, 6.45) is 1.17. The fourth-order valence-electron chi connectivity index (χ4n) is 3.02. The zero-order chi connectivity index (χ0) is 20.6. The summed E-state index contributed by atoms with van der Waals surface area (Å²) in [5.41, 5.74) is 3.84. The van der Waals surface area contributed by atoms with E-state index in [2.05, 4.69) is 0 Å². The number of benzene rings is 3. The fourth-order valence-corrected chi connectivity index (χ4v) is 3.65. The van der Waals surface area contributed by atoms with Crippen LogP contribution in [0.25, 0.3) is 28.2 Å². The summed E-state index contributed by atoms with van der Waals surface area (Å²) in [5, 5.41) is 23.8. The molecule has 4 rings (SSSR count). The lowest BCUT2D eigenvalue weighted by atomic mass is 10.1. The molecule has 0 saturated carbocycles. The number of aromatic hydroxyl groups is 2. The van der Waals surface area contributed by atoms with Crippen molar-refractivity contribution in [2.45, 2.75) is 4.90 Å². The SMILES string of the molecule is CS(=O)(=O)c1ccc(-n2nc(-c3ccc(O)cc3)cc2-c2ccc(O)cc2)cc1. The summed E-state index contributed by atoms with van der Waals surface area (Å²) >= 11 is 0. The summed E-state index contributed by atoms with van der Waals surface area (Å²) in [6.45, 7) is 0. The average molecular weight is 406 g/mol. The van der Waals surface area contributed by atoms with Gasteiger partial charge in [-0.1, -0.05) is 0 Å². The molecule has 0 amide bonds. The van der Waals surface area contributed by atoms with Gasteiger partial charge in [0.1, 0.15) is 11.5 Å². The molecule has 0 unspecified atom stereocenters. The molecule has 29 heavy (non-hydrogen) atoms. The molecule has 0 aliphatic rings. The zero-order valence-electron chi connectivity index (χ0n) is 15.5. The molecule has 4 aromatic rings. The van der Waals surface area contributed by atoms with Gasteiger partial charge in [-0.25, -0.2) is 13.1 Å². The van der Waals surface area contributed by atoms with E-state index in [0.717, 1.165) is 16.8 Å². The van der Waals surface area contributed by atoms with Gasteiger partial charge in [0, 0.05) is 17.4 Å². The summed E-state index contributed by atoms with van der Waals surface area (Å²) in [4.78, 5) is 0.235. The Balaban J connectivity index is 1.86. The Morgan fingerprint density at radius 3 is 1.79 bits per heavy atom. The maximum atomic E-state index is 11.8. The van der Waals surface area contributed by atoms with Gasteiger partial charge in [0.15, 0.2) is 9.84 Å². The number of hydrogen-bond donors (Lipinski definition) is 2. The van der Waals surface area contributed by atoms with Crippen LogP contribution in [-0.4, -0.2) is 34.7 Å². The van der Waals surface area contributed by atoms with Crippen molar-refractivity contribution in [1.29, 1.82) is 0 Å². The quantitative estimate of drug-likeness (QED) is 0.534. The number of sulfone groups is 1. The van der Waals surface area contributed by atoms with Crippen LogP contribution >= 0.6 is 0 Å². The molecular formula is C22H18N2O4S. The maximum Gasteiger partial charge on any atom is 0.175 e. The van der Waals surface area contributed by atoms with Crippen molar-refractivity contribution in [2.75, 3.05) is 6.26 Å². The van der Waals surface area contributed by atoms with Crippen molar-refractivity contribution in [3.8, 4) is 39.7 Å². The lowest BCUT2D eigenvalue weighted by Gasteiger charge is -2.08. The minimum atomic E-state index is -3.29. The number of hydrogen-bond acceptors (Lipinski definition) is 5. The fraction of sp³-hybridized carbons (Fsp3) is 0.0455. The van der Waals surface area contributed by atoms with Gasteiger partial charge in [-0.15, -0.1) is 0 Å². The normalized spacial score (nSPS) is 11.5. The van der Waals surface area contributed by atoms with Crippen LogP contribution < -0.4 is 0 Å². The molecule has 7 heteroatoms. The van der Waals surface area contributed by atoms with Crippen molar-refractivity contribution < 1.29 is 18.6 Å². The highest BCUT2D eigenvalue weighted by atomic mass is 32.2. The highest BCUT2D eigenvalue weighted by Crippen LogP contribution is 2.30. The number of phenolic OH excluding ortho intramolecular Hbond substituents is 2. The summed E-state index contributed by atoms with van der Waals surface area (Å²) in [5.74, 6) is 0.333. The molecule has 6 nitrogen and oxygen atoms in total. The Labute approximate surface area is 168 Å². The Morgan fingerprint density at radius 2 is 1.28 bits per heavy atom. The minimum Gasteiger partial charge on any atom is -0.508 e. The molecule has 0 fully saturated rings. The van der Waals surface area contributed by atoms with Gasteiger partial charge in [-0.2, -0.15) is 5.10 Å². The van der Waals surface area contributed by atoms with Crippen LogP contribution in [0.2, 0.25) is 0 Å². The monoisotopic (exact) mass is 406 g/mol. The molecule has 0 aliphatic heterocycles. The van der Waals surface area contributed by atoms with E-state index in [-0.39, 0.29) is 16.4 Å². The number of phenols is 2. The Kier molecular flexibility index (Phi) is 4.60. The predicted octanol–water partition coefficient (Wildman–Crippen LogP) is 4.02. The van der Waals surface area contributed by atoms with Crippen LogP contribution in [0.4, 0.5) is 0 Å². The first-order chi connectivity index (χ1) is 13.8. The Hall–Kier alpha value is -3.58. The Morgan fingerprint density at radius 1 is 0.759 bits per heavy atom. The van der Waals surface area contributed by atoms with Crippen molar-refractivity contribution in [1.82, 2.24) is 9.78 Å². The second-order valence-corrected chi connectivity index (χ2v) is 8.70. The summed E-state index contributed by atoms with van der Waals surface area (Å²) < 4.78 is 25.2. The van der Waals surface area contributed by atoms with Gasteiger partial charge in [-0.3, -0.25) is 0 Å².